The lowest BCUT2D eigenvalue weighted by atomic mass is 10.1. The first kappa shape index (κ1) is 21.8. The number of piperazine rings is 1. The van der Waals surface area contributed by atoms with Crippen LogP contribution in [0, 0.1) is 0 Å². The molecule has 7 nitrogen and oxygen atoms in total. The van der Waals surface area contributed by atoms with Crippen molar-refractivity contribution in [1.82, 2.24) is 15.1 Å². The molecule has 0 aliphatic carbocycles. The van der Waals surface area contributed by atoms with Crippen molar-refractivity contribution in [1.29, 1.82) is 0 Å². The van der Waals surface area contributed by atoms with Gasteiger partial charge in [-0.1, -0.05) is 54.1 Å². The Morgan fingerprint density at radius 3 is 2.23 bits per heavy atom. The molecule has 3 rings (SSSR count). The summed E-state index contributed by atoms with van der Waals surface area (Å²) in [4.78, 5) is 40.3. The predicted octanol–water partition coefficient (Wildman–Crippen LogP) is 1.78. The molecule has 0 atom stereocenters. The summed E-state index contributed by atoms with van der Waals surface area (Å²) in [7, 11) is 0. The average Bonchev–Trinajstić information content (AvgIpc) is 2.75. The van der Waals surface area contributed by atoms with E-state index in [4.69, 9.17) is 11.6 Å². The molecule has 158 valence electrons. The molecular weight excluding hydrogens is 404 g/mol. The fourth-order valence-corrected chi connectivity index (χ4v) is 3.42. The molecule has 3 amide bonds. The number of hydrogen-bond donors (Lipinski definition) is 2. The van der Waals surface area contributed by atoms with E-state index in [-0.39, 0.29) is 37.2 Å². The van der Waals surface area contributed by atoms with E-state index < -0.39 is 0 Å². The quantitative estimate of drug-likeness (QED) is 0.704. The number of nitrogens with one attached hydrogen (secondary N) is 2. The molecule has 0 unspecified atom stereocenters. The van der Waals surface area contributed by atoms with Crippen molar-refractivity contribution in [2.45, 2.75) is 6.42 Å². The van der Waals surface area contributed by atoms with Gasteiger partial charge in [-0.05, 0) is 17.7 Å². The van der Waals surface area contributed by atoms with E-state index in [2.05, 4.69) is 10.6 Å². The van der Waals surface area contributed by atoms with Crippen molar-refractivity contribution in [2.75, 3.05) is 44.6 Å². The highest BCUT2D eigenvalue weighted by molar-refractivity contribution is 6.33. The van der Waals surface area contributed by atoms with Gasteiger partial charge in [0, 0.05) is 26.2 Å². The lowest BCUT2D eigenvalue weighted by molar-refractivity contribution is -0.134. The first-order valence-corrected chi connectivity index (χ1v) is 10.2. The van der Waals surface area contributed by atoms with Crippen LogP contribution in [0.3, 0.4) is 0 Å². The summed E-state index contributed by atoms with van der Waals surface area (Å²) in [6.45, 7) is 2.46. The Bertz CT molecular complexity index is 883. The van der Waals surface area contributed by atoms with Gasteiger partial charge in [0.25, 0.3) is 0 Å². The molecule has 0 aromatic heterocycles. The Hall–Kier alpha value is -2.90. The van der Waals surface area contributed by atoms with Crippen molar-refractivity contribution in [3.63, 3.8) is 0 Å². The summed E-state index contributed by atoms with van der Waals surface area (Å²) in [6.07, 6.45) is 0.252. The Kier molecular flexibility index (Phi) is 7.82. The highest BCUT2D eigenvalue weighted by Crippen LogP contribution is 2.20. The maximum absolute atomic E-state index is 12.4. The van der Waals surface area contributed by atoms with E-state index >= 15 is 0 Å². The molecule has 2 aromatic carbocycles. The second-order valence-corrected chi connectivity index (χ2v) is 7.53. The molecule has 0 bridgehead atoms. The number of carbonyl (C=O) groups is 3. The smallest absolute Gasteiger partial charge is 0.242 e. The number of amides is 3. The highest BCUT2D eigenvalue weighted by atomic mass is 35.5. The monoisotopic (exact) mass is 428 g/mol. The van der Waals surface area contributed by atoms with E-state index in [1.807, 2.05) is 41.3 Å². The number of halogens is 1. The van der Waals surface area contributed by atoms with E-state index in [1.54, 1.807) is 23.1 Å². The van der Waals surface area contributed by atoms with Crippen LogP contribution in [0.4, 0.5) is 5.69 Å². The van der Waals surface area contributed by atoms with Crippen molar-refractivity contribution >= 4 is 35.0 Å². The average molecular weight is 429 g/mol. The molecule has 2 N–H and O–H groups in total. The summed E-state index contributed by atoms with van der Waals surface area (Å²) in [5.41, 5.74) is 1.50. The SMILES string of the molecule is O=C(Cc1ccccc1)NCC(=O)N1CCN(CC(=O)Nc2ccccc2Cl)CC1. The Balaban J connectivity index is 1.36. The minimum atomic E-state index is -0.176. The van der Waals surface area contributed by atoms with Crippen LogP contribution in [0.2, 0.25) is 5.02 Å². The molecule has 1 heterocycles. The van der Waals surface area contributed by atoms with Crippen LogP contribution >= 0.6 is 11.6 Å². The number of nitrogens with zero attached hydrogens (tertiary/aromatic N) is 2. The zero-order chi connectivity index (χ0) is 21.3. The number of para-hydroxylation sites is 1. The zero-order valence-electron chi connectivity index (χ0n) is 16.6. The second kappa shape index (κ2) is 10.8. The molecule has 1 saturated heterocycles. The summed E-state index contributed by atoms with van der Waals surface area (Å²) >= 11 is 6.06. The summed E-state index contributed by atoms with van der Waals surface area (Å²) < 4.78 is 0. The van der Waals surface area contributed by atoms with Crippen LogP contribution in [-0.2, 0) is 20.8 Å². The van der Waals surface area contributed by atoms with Gasteiger partial charge >= 0.3 is 0 Å². The van der Waals surface area contributed by atoms with Crippen molar-refractivity contribution < 1.29 is 14.4 Å². The van der Waals surface area contributed by atoms with Gasteiger partial charge in [-0.15, -0.1) is 0 Å². The van der Waals surface area contributed by atoms with Crippen molar-refractivity contribution in [2.24, 2.45) is 0 Å². The lowest BCUT2D eigenvalue weighted by Crippen LogP contribution is -2.52. The first-order valence-electron chi connectivity index (χ1n) is 9.86. The minimum absolute atomic E-state index is 0.0152. The number of hydrogen-bond acceptors (Lipinski definition) is 4. The van der Waals surface area contributed by atoms with Gasteiger partial charge in [0.15, 0.2) is 0 Å². The first-order chi connectivity index (χ1) is 14.5. The largest absolute Gasteiger partial charge is 0.347 e. The molecule has 2 aromatic rings. The molecule has 1 aliphatic heterocycles. The molecule has 0 saturated carbocycles. The molecule has 1 aliphatic rings. The van der Waals surface area contributed by atoms with E-state index in [1.165, 1.54) is 0 Å². The fraction of sp³-hybridized carbons (Fsp3) is 0.318. The van der Waals surface area contributed by atoms with Crippen LogP contribution in [0.15, 0.2) is 54.6 Å². The van der Waals surface area contributed by atoms with Gasteiger partial charge < -0.3 is 15.5 Å². The van der Waals surface area contributed by atoms with Crippen LogP contribution in [-0.4, -0.2) is 66.8 Å². The molecular formula is C22H25ClN4O3. The highest BCUT2D eigenvalue weighted by Gasteiger charge is 2.22. The molecule has 30 heavy (non-hydrogen) atoms. The normalized spacial score (nSPS) is 14.2. The van der Waals surface area contributed by atoms with Crippen LogP contribution in [0.1, 0.15) is 5.56 Å². The van der Waals surface area contributed by atoms with E-state index in [0.717, 1.165) is 5.56 Å². The second-order valence-electron chi connectivity index (χ2n) is 7.12. The predicted molar refractivity (Wildman–Crippen MR) is 116 cm³/mol. The van der Waals surface area contributed by atoms with Crippen molar-refractivity contribution in [3.8, 4) is 0 Å². The van der Waals surface area contributed by atoms with Gasteiger partial charge in [0.1, 0.15) is 0 Å². The van der Waals surface area contributed by atoms with E-state index in [0.29, 0.717) is 36.9 Å². The maximum atomic E-state index is 12.4. The Labute approximate surface area is 181 Å². The lowest BCUT2D eigenvalue weighted by Gasteiger charge is -2.34. The van der Waals surface area contributed by atoms with Gasteiger partial charge in [-0.2, -0.15) is 0 Å². The molecule has 0 spiro atoms. The molecule has 0 radical (unpaired) electrons. The fourth-order valence-electron chi connectivity index (χ4n) is 3.24. The summed E-state index contributed by atoms with van der Waals surface area (Å²) in [6, 6.07) is 16.5. The Morgan fingerprint density at radius 1 is 0.867 bits per heavy atom. The van der Waals surface area contributed by atoms with E-state index in [9.17, 15) is 14.4 Å². The van der Waals surface area contributed by atoms with Gasteiger partial charge in [-0.25, -0.2) is 0 Å². The number of benzene rings is 2. The van der Waals surface area contributed by atoms with Gasteiger partial charge in [0.05, 0.1) is 30.2 Å². The third-order valence-electron chi connectivity index (χ3n) is 4.88. The summed E-state index contributed by atoms with van der Waals surface area (Å²) in [5.74, 6) is -0.433. The number of rotatable bonds is 7. The number of carbonyl (C=O) groups excluding carboxylic acids is 3. The van der Waals surface area contributed by atoms with Crippen LogP contribution < -0.4 is 10.6 Å². The summed E-state index contributed by atoms with van der Waals surface area (Å²) in [5, 5.41) is 5.98. The Morgan fingerprint density at radius 2 is 1.53 bits per heavy atom. The van der Waals surface area contributed by atoms with Gasteiger partial charge in [0.2, 0.25) is 17.7 Å². The molecule has 8 heteroatoms. The molecule has 1 fully saturated rings. The minimum Gasteiger partial charge on any atom is -0.347 e. The topological polar surface area (TPSA) is 81.8 Å². The third kappa shape index (κ3) is 6.57. The third-order valence-corrected chi connectivity index (χ3v) is 5.21. The van der Waals surface area contributed by atoms with Crippen LogP contribution in [0.25, 0.3) is 0 Å². The maximum Gasteiger partial charge on any atom is 0.242 e. The van der Waals surface area contributed by atoms with Gasteiger partial charge in [-0.3, -0.25) is 19.3 Å². The van der Waals surface area contributed by atoms with Crippen molar-refractivity contribution in [3.05, 3.63) is 65.2 Å². The number of anilines is 1. The zero-order valence-corrected chi connectivity index (χ0v) is 17.4. The van der Waals surface area contributed by atoms with Crippen LogP contribution in [0.5, 0.6) is 0 Å². The standard InChI is InChI=1S/C22H25ClN4O3/c23-18-8-4-5-9-19(18)25-21(29)16-26-10-12-27(13-11-26)22(30)15-24-20(28)14-17-6-2-1-3-7-17/h1-9H,10-16H2,(H,24,28)(H,25,29).